The molecule has 0 heterocycles. The molecule has 2 aromatic rings. The molecular weight excluding hydrogens is 252 g/mol. The van der Waals surface area contributed by atoms with Crippen LogP contribution < -0.4 is 0 Å². The van der Waals surface area contributed by atoms with Crippen molar-refractivity contribution in [2.45, 2.75) is 52.4 Å². The lowest BCUT2D eigenvalue weighted by Gasteiger charge is -2.21. The van der Waals surface area contributed by atoms with Crippen LogP contribution in [0.5, 0.6) is 0 Å². The van der Waals surface area contributed by atoms with E-state index in [1.807, 2.05) is 0 Å². The third-order valence-corrected chi connectivity index (χ3v) is 5.62. The minimum Gasteiger partial charge on any atom is -0.0613 e. The lowest BCUT2D eigenvalue weighted by Crippen LogP contribution is -2.21. The molecule has 0 amide bonds. The molecular formula is C21H24. The zero-order chi connectivity index (χ0) is 14.4. The van der Waals surface area contributed by atoms with E-state index in [9.17, 15) is 0 Å². The van der Waals surface area contributed by atoms with Crippen LogP contribution in [-0.2, 0) is 38.5 Å². The van der Waals surface area contributed by atoms with Gasteiger partial charge in [0.05, 0.1) is 0 Å². The summed E-state index contributed by atoms with van der Waals surface area (Å²) in [5.74, 6) is 0. The van der Waals surface area contributed by atoms with Crippen LogP contribution in [0.3, 0.4) is 0 Å². The number of benzene rings is 2. The Labute approximate surface area is 128 Å². The van der Waals surface area contributed by atoms with Crippen molar-refractivity contribution in [3.8, 4) is 0 Å². The SMILES string of the molecule is CCc1ccc2c(c1)CC1(C2)Cc2ccc(CC)cc2C1. The number of aryl methyl sites for hydroxylation is 2. The Morgan fingerprint density at radius 1 is 0.667 bits per heavy atom. The highest BCUT2D eigenvalue weighted by Crippen LogP contribution is 2.47. The average Bonchev–Trinajstić information content (AvgIpc) is 3.03. The van der Waals surface area contributed by atoms with Gasteiger partial charge in [-0.05, 0) is 77.3 Å². The minimum absolute atomic E-state index is 0.489. The molecule has 0 bridgehead atoms. The maximum Gasteiger partial charge on any atom is -0.0136 e. The summed E-state index contributed by atoms with van der Waals surface area (Å²) in [6.45, 7) is 4.51. The maximum atomic E-state index is 2.46. The second-order valence-corrected chi connectivity index (χ2v) is 7.12. The fraction of sp³-hybridized carbons (Fsp3) is 0.429. The molecule has 0 heteroatoms. The van der Waals surface area contributed by atoms with E-state index >= 15 is 0 Å². The van der Waals surface area contributed by atoms with Crippen LogP contribution in [0.4, 0.5) is 0 Å². The smallest absolute Gasteiger partial charge is 0.0136 e. The van der Waals surface area contributed by atoms with Crippen molar-refractivity contribution in [3.05, 3.63) is 69.8 Å². The molecule has 2 aromatic carbocycles. The fourth-order valence-corrected chi connectivity index (χ4v) is 4.46. The van der Waals surface area contributed by atoms with Crippen LogP contribution in [0, 0.1) is 5.41 Å². The lowest BCUT2D eigenvalue weighted by molar-refractivity contribution is 0.326. The summed E-state index contributed by atoms with van der Waals surface area (Å²) < 4.78 is 0. The van der Waals surface area contributed by atoms with Gasteiger partial charge in [-0.15, -0.1) is 0 Å². The first-order chi connectivity index (χ1) is 10.2. The first-order valence-electron chi connectivity index (χ1n) is 8.43. The average molecular weight is 276 g/mol. The predicted molar refractivity (Wildman–Crippen MR) is 88.9 cm³/mol. The highest BCUT2D eigenvalue weighted by Gasteiger charge is 2.41. The largest absolute Gasteiger partial charge is 0.0613 e. The topological polar surface area (TPSA) is 0 Å². The third-order valence-electron chi connectivity index (χ3n) is 5.62. The molecule has 0 fully saturated rings. The van der Waals surface area contributed by atoms with Crippen LogP contribution in [0.1, 0.15) is 47.2 Å². The molecule has 0 atom stereocenters. The minimum atomic E-state index is 0.489. The van der Waals surface area contributed by atoms with Gasteiger partial charge in [0.25, 0.3) is 0 Å². The van der Waals surface area contributed by atoms with Crippen molar-refractivity contribution >= 4 is 0 Å². The molecule has 0 unspecified atom stereocenters. The molecule has 0 saturated heterocycles. The molecule has 0 aliphatic heterocycles. The van der Waals surface area contributed by atoms with Gasteiger partial charge >= 0.3 is 0 Å². The van der Waals surface area contributed by atoms with Gasteiger partial charge in [-0.1, -0.05) is 50.2 Å². The van der Waals surface area contributed by atoms with Crippen LogP contribution in [0.2, 0.25) is 0 Å². The third kappa shape index (κ3) is 2.12. The predicted octanol–water partition coefficient (Wildman–Crippen LogP) is 4.70. The van der Waals surface area contributed by atoms with Gasteiger partial charge in [-0.3, -0.25) is 0 Å². The molecule has 0 radical (unpaired) electrons. The van der Waals surface area contributed by atoms with Crippen LogP contribution in [0.25, 0.3) is 0 Å². The molecule has 4 rings (SSSR count). The van der Waals surface area contributed by atoms with E-state index in [-0.39, 0.29) is 0 Å². The van der Waals surface area contributed by atoms with Gasteiger partial charge in [-0.25, -0.2) is 0 Å². The van der Waals surface area contributed by atoms with Gasteiger partial charge in [0.1, 0.15) is 0 Å². The lowest BCUT2D eigenvalue weighted by atomic mass is 9.82. The second kappa shape index (κ2) is 4.73. The van der Waals surface area contributed by atoms with Crippen molar-refractivity contribution in [3.63, 3.8) is 0 Å². The van der Waals surface area contributed by atoms with E-state index < -0.39 is 0 Å². The molecule has 21 heavy (non-hydrogen) atoms. The Balaban J connectivity index is 1.64. The Morgan fingerprint density at radius 3 is 1.52 bits per heavy atom. The Bertz CT molecular complexity index is 632. The standard InChI is InChI=1S/C21H24/c1-3-15-5-7-17-11-21(13-19(17)9-15)12-18-8-6-16(4-2)10-20(18)14-21/h5-10H,3-4,11-14H2,1-2H3. The summed E-state index contributed by atoms with van der Waals surface area (Å²) in [6.07, 6.45) is 7.43. The molecule has 2 aliphatic rings. The van der Waals surface area contributed by atoms with Crippen LogP contribution in [0.15, 0.2) is 36.4 Å². The number of fused-ring (bicyclic) bond motifs is 2. The molecule has 0 saturated carbocycles. The molecule has 1 spiro atoms. The molecule has 0 N–H and O–H groups in total. The monoisotopic (exact) mass is 276 g/mol. The van der Waals surface area contributed by atoms with Gasteiger partial charge in [-0.2, -0.15) is 0 Å². The van der Waals surface area contributed by atoms with Crippen molar-refractivity contribution in [1.29, 1.82) is 0 Å². The van der Waals surface area contributed by atoms with E-state index in [4.69, 9.17) is 0 Å². The first kappa shape index (κ1) is 13.1. The second-order valence-electron chi connectivity index (χ2n) is 7.12. The quantitative estimate of drug-likeness (QED) is 0.746. The first-order valence-corrected chi connectivity index (χ1v) is 8.43. The molecule has 0 aromatic heterocycles. The normalized spacial score (nSPS) is 18.0. The van der Waals surface area contributed by atoms with Gasteiger partial charge < -0.3 is 0 Å². The zero-order valence-electron chi connectivity index (χ0n) is 13.2. The summed E-state index contributed by atoms with van der Waals surface area (Å²) in [6, 6.07) is 14.4. The van der Waals surface area contributed by atoms with Crippen molar-refractivity contribution in [1.82, 2.24) is 0 Å². The van der Waals surface area contributed by atoms with E-state index in [0.29, 0.717) is 5.41 Å². The van der Waals surface area contributed by atoms with E-state index in [1.165, 1.54) is 36.8 Å². The maximum absolute atomic E-state index is 2.46. The number of hydrogen-bond donors (Lipinski definition) is 0. The van der Waals surface area contributed by atoms with Gasteiger partial charge in [0.15, 0.2) is 0 Å². The summed E-state index contributed by atoms with van der Waals surface area (Å²) in [4.78, 5) is 0. The van der Waals surface area contributed by atoms with Crippen LogP contribution >= 0.6 is 0 Å². The van der Waals surface area contributed by atoms with E-state index in [1.54, 1.807) is 22.3 Å². The van der Waals surface area contributed by atoms with E-state index in [0.717, 1.165) is 12.8 Å². The number of hydrogen-bond acceptors (Lipinski definition) is 0. The highest BCUT2D eigenvalue weighted by molar-refractivity contribution is 5.44. The van der Waals surface area contributed by atoms with Gasteiger partial charge in [0.2, 0.25) is 0 Å². The summed E-state index contributed by atoms with van der Waals surface area (Å²) >= 11 is 0. The molecule has 2 aliphatic carbocycles. The summed E-state index contributed by atoms with van der Waals surface area (Å²) in [7, 11) is 0. The Hall–Kier alpha value is -1.56. The Morgan fingerprint density at radius 2 is 1.10 bits per heavy atom. The Kier molecular flexibility index (Phi) is 2.96. The van der Waals surface area contributed by atoms with Crippen molar-refractivity contribution in [2.75, 3.05) is 0 Å². The molecule has 108 valence electrons. The molecule has 0 nitrogen and oxygen atoms in total. The van der Waals surface area contributed by atoms with Crippen molar-refractivity contribution < 1.29 is 0 Å². The van der Waals surface area contributed by atoms with E-state index in [2.05, 4.69) is 50.2 Å². The fourth-order valence-electron chi connectivity index (χ4n) is 4.46. The van der Waals surface area contributed by atoms with Crippen LogP contribution in [-0.4, -0.2) is 0 Å². The zero-order valence-corrected chi connectivity index (χ0v) is 13.2. The van der Waals surface area contributed by atoms with Crippen molar-refractivity contribution in [2.24, 2.45) is 5.41 Å². The highest BCUT2D eigenvalue weighted by atomic mass is 14.5. The van der Waals surface area contributed by atoms with Gasteiger partial charge in [0, 0.05) is 0 Å². The summed E-state index contributed by atoms with van der Waals surface area (Å²) in [5.41, 5.74) is 9.94. The summed E-state index contributed by atoms with van der Waals surface area (Å²) in [5, 5.41) is 0. The number of rotatable bonds is 2.